The zero-order chi connectivity index (χ0) is 13.1. The molecule has 2 aromatic heterocycles. The molecule has 0 saturated heterocycles. The van der Waals surface area contributed by atoms with Crippen LogP contribution in [0, 0.1) is 32.6 Å². The van der Waals surface area contributed by atoms with Crippen molar-refractivity contribution >= 4 is 11.3 Å². The Balaban J connectivity index is 2.18. The van der Waals surface area contributed by atoms with Gasteiger partial charge >= 0.3 is 0 Å². The molecule has 1 N–H and O–H groups in total. The van der Waals surface area contributed by atoms with Crippen molar-refractivity contribution in [3.8, 4) is 11.8 Å². The van der Waals surface area contributed by atoms with Crippen LogP contribution in [0.2, 0.25) is 0 Å². The molecule has 0 bridgehead atoms. The average Bonchev–Trinajstić information content (AvgIpc) is 2.89. The zero-order valence-corrected chi connectivity index (χ0v) is 11.6. The van der Waals surface area contributed by atoms with Crippen LogP contribution in [-0.2, 0) is 6.54 Å². The van der Waals surface area contributed by atoms with E-state index < -0.39 is 0 Å². The highest BCUT2D eigenvalue weighted by Gasteiger charge is 2.08. The van der Waals surface area contributed by atoms with Gasteiger partial charge in [-0.15, -0.1) is 11.3 Å². The van der Waals surface area contributed by atoms with Crippen molar-refractivity contribution in [1.82, 2.24) is 9.78 Å². The summed E-state index contributed by atoms with van der Waals surface area (Å²) in [4.78, 5) is 2.21. The van der Waals surface area contributed by atoms with Crippen molar-refractivity contribution < 1.29 is 5.11 Å². The maximum Gasteiger partial charge on any atom is 0.104 e. The summed E-state index contributed by atoms with van der Waals surface area (Å²) in [5.41, 5.74) is 3.56. The Morgan fingerprint density at radius 1 is 1.33 bits per heavy atom. The van der Waals surface area contributed by atoms with Crippen molar-refractivity contribution in [3.63, 3.8) is 0 Å². The first-order valence-corrected chi connectivity index (χ1v) is 6.62. The first-order valence-electron chi connectivity index (χ1n) is 5.81. The summed E-state index contributed by atoms with van der Waals surface area (Å²) in [7, 11) is 0. The first-order chi connectivity index (χ1) is 8.61. The Morgan fingerprint density at radius 2 is 2.11 bits per heavy atom. The van der Waals surface area contributed by atoms with Gasteiger partial charge in [-0.1, -0.05) is 11.8 Å². The third-order valence-electron chi connectivity index (χ3n) is 3.00. The third kappa shape index (κ3) is 2.63. The molecule has 2 heterocycles. The summed E-state index contributed by atoms with van der Waals surface area (Å²) in [5.74, 6) is 5.58. The second-order valence-electron chi connectivity index (χ2n) is 4.18. The van der Waals surface area contributed by atoms with Crippen molar-refractivity contribution in [1.29, 1.82) is 0 Å². The molecule has 0 aliphatic carbocycles. The maximum atomic E-state index is 8.66. The number of aliphatic hydroxyl groups is 1. The van der Waals surface area contributed by atoms with E-state index in [1.54, 1.807) is 11.3 Å². The van der Waals surface area contributed by atoms with Crippen LogP contribution in [0.3, 0.4) is 0 Å². The maximum absolute atomic E-state index is 8.66. The van der Waals surface area contributed by atoms with E-state index in [9.17, 15) is 0 Å². The van der Waals surface area contributed by atoms with E-state index in [-0.39, 0.29) is 6.61 Å². The molecule has 0 atom stereocenters. The van der Waals surface area contributed by atoms with Gasteiger partial charge in [-0.05, 0) is 38.5 Å². The number of hydrogen-bond donors (Lipinski definition) is 1. The number of hydrogen-bond acceptors (Lipinski definition) is 3. The van der Waals surface area contributed by atoms with Crippen LogP contribution < -0.4 is 0 Å². The lowest BCUT2D eigenvalue weighted by molar-refractivity contribution is 0.350. The molecular formula is C14H16N2OS. The Labute approximate surface area is 111 Å². The van der Waals surface area contributed by atoms with Gasteiger partial charge < -0.3 is 5.11 Å². The topological polar surface area (TPSA) is 38.0 Å². The molecule has 2 rings (SSSR count). The fourth-order valence-electron chi connectivity index (χ4n) is 1.74. The molecular weight excluding hydrogens is 244 g/mol. The fourth-order valence-corrected chi connectivity index (χ4v) is 2.61. The lowest BCUT2D eigenvalue weighted by Gasteiger charge is -2.01. The predicted octanol–water partition coefficient (Wildman–Crippen LogP) is 2.26. The van der Waals surface area contributed by atoms with E-state index in [1.165, 1.54) is 16.1 Å². The standard InChI is InChI=1S/C14H16N2OS/c1-10-11(2)15-16(12(10)3)9-14-7-6-13(18-14)5-4-8-17/h6-7,17H,8-9H2,1-3H3. The summed E-state index contributed by atoms with van der Waals surface area (Å²) in [6, 6.07) is 4.05. The smallest absolute Gasteiger partial charge is 0.104 e. The monoisotopic (exact) mass is 260 g/mol. The van der Waals surface area contributed by atoms with E-state index in [1.807, 2.05) is 17.7 Å². The van der Waals surface area contributed by atoms with E-state index in [0.717, 1.165) is 17.1 Å². The molecule has 2 aromatic rings. The van der Waals surface area contributed by atoms with Gasteiger partial charge in [-0.3, -0.25) is 4.68 Å². The molecule has 94 valence electrons. The number of nitrogens with zero attached hydrogens (tertiary/aromatic N) is 2. The quantitative estimate of drug-likeness (QED) is 0.841. The molecule has 0 saturated carbocycles. The van der Waals surface area contributed by atoms with E-state index in [0.29, 0.717) is 0 Å². The Hall–Kier alpha value is -1.57. The number of aromatic nitrogens is 2. The lowest BCUT2D eigenvalue weighted by Crippen LogP contribution is -2.02. The van der Waals surface area contributed by atoms with Crippen LogP contribution in [-0.4, -0.2) is 21.5 Å². The van der Waals surface area contributed by atoms with Crippen LogP contribution >= 0.6 is 11.3 Å². The van der Waals surface area contributed by atoms with Crippen LogP contribution in [0.4, 0.5) is 0 Å². The lowest BCUT2D eigenvalue weighted by atomic mass is 10.2. The van der Waals surface area contributed by atoms with E-state index in [4.69, 9.17) is 5.11 Å². The first kappa shape index (κ1) is 12.9. The molecule has 0 amide bonds. The summed E-state index contributed by atoms with van der Waals surface area (Å²) in [5, 5.41) is 13.2. The SMILES string of the molecule is Cc1nn(Cc2ccc(C#CCO)s2)c(C)c1C. The van der Waals surface area contributed by atoms with Crippen molar-refractivity contribution in [2.75, 3.05) is 6.61 Å². The summed E-state index contributed by atoms with van der Waals surface area (Å²) in [6.45, 7) is 6.91. The highest BCUT2D eigenvalue weighted by atomic mass is 32.1. The molecule has 0 spiro atoms. The van der Waals surface area contributed by atoms with Gasteiger partial charge in [0.1, 0.15) is 6.61 Å². The van der Waals surface area contributed by atoms with Crippen molar-refractivity contribution in [2.24, 2.45) is 0 Å². The second kappa shape index (κ2) is 5.38. The predicted molar refractivity (Wildman–Crippen MR) is 73.8 cm³/mol. The summed E-state index contributed by atoms with van der Waals surface area (Å²) in [6.07, 6.45) is 0. The number of rotatable bonds is 2. The van der Waals surface area contributed by atoms with Crippen LogP contribution in [0.25, 0.3) is 0 Å². The van der Waals surface area contributed by atoms with Gasteiger partial charge in [0.2, 0.25) is 0 Å². The molecule has 0 aromatic carbocycles. The van der Waals surface area contributed by atoms with Gasteiger partial charge in [0, 0.05) is 10.6 Å². The number of aliphatic hydroxyl groups excluding tert-OH is 1. The highest BCUT2D eigenvalue weighted by Crippen LogP contribution is 2.19. The fraction of sp³-hybridized carbons (Fsp3) is 0.357. The van der Waals surface area contributed by atoms with Gasteiger partial charge in [-0.2, -0.15) is 5.10 Å². The van der Waals surface area contributed by atoms with Gasteiger partial charge in [0.15, 0.2) is 0 Å². The second-order valence-corrected chi connectivity index (χ2v) is 5.35. The molecule has 3 nitrogen and oxygen atoms in total. The minimum Gasteiger partial charge on any atom is -0.384 e. The molecule has 4 heteroatoms. The minimum atomic E-state index is -0.0934. The molecule has 0 radical (unpaired) electrons. The van der Waals surface area contributed by atoms with Crippen LogP contribution in [0.5, 0.6) is 0 Å². The number of aryl methyl sites for hydroxylation is 1. The van der Waals surface area contributed by atoms with E-state index in [2.05, 4.69) is 36.9 Å². The van der Waals surface area contributed by atoms with Gasteiger partial charge in [0.25, 0.3) is 0 Å². The van der Waals surface area contributed by atoms with Crippen molar-refractivity contribution in [3.05, 3.63) is 38.8 Å². The molecule has 18 heavy (non-hydrogen) atoms. The molecule has 0 unspecified atom stereocenters. The average molecular weight is 260 g/mol. The Kier molecular flexibility index (Phi) is 3.85. The zero-order valence-electron chi connectivity index (χ0n) is 10.8. The Morgan fingerprint density at radius 3 is 2.72 bits per heavy atom. The summed E-state index contributed by atoms with van der Waals surface area (Å²) < 4.78 is 2.03. The Bertz CT molecular complexity index is 614. The largest absolute Gasteiger partial charge is 0.384 e. The number of thiophene rings is 1. The van der Waals surface area contributed by atoms with E-state index >= 15 is 0 Å². The summed E-state index contributed by atoms with van der Waals surface area (Å²) >= 11 is 1.65. The molecule has 0 aliphatic heterocycles. The van der Waals surface area contributed by atoms with Crippen LogP contribution in [0.1, 0.15) is 26.7 Å². The molecule has 0 fully saturated rings. The van der Waals surface area contributed by atoms with Crippen molar-refractivity contribution in [2.45, 2.75) is 27.3 Å². The van der Waals surface area contributed by atoms with Gasteiger partial charge in [-0.25, -0.2) is 0 Å². The minimum absolute atomic E-state index is 0.0934. The highest BCUT2D eigenvalue weighted by molar-refractivity contribution is 7.12. The normalized spacial score (nSPS) is 10.2. The van der Waals surface area contributed by atoms with Crippen LogP contribution in [0.15, 0.2) is 12.1 Å². The van der Waals surface area contributed by atoms with Gasteiger partial charge in [0.05, 0.1) is 17.1 Å². The molecule has 0 aliphatic rings. The third-order valence-corrected chi connectivity index (χ3v) is 3.99.